The number of nitrogens with one attached hydrogen (secondary N) is 2. The molecule has 0 spiro atoms. The maximum Gasteiger partial charge on any atom is 0.407 e. The van der Waals surface area contributed by atoms with E-state index in [1.807, 2.05) is 30.3 Å². The minimum Gasteiger partial charge on any atom is -0.469 e. The average Bonchev–Trinajstić information content (AvgIpc) is 3.06. The van der Waals surface area contributed by atoms with Crippen LogP contribution in [0.3, 0.4) is 0 Å². The van der Waals surface area contributed by atoms with Gasteiger partial charge in [0.25, 0.3) is 0 Å². The Kier molecular flexibility index (Phi) is 8.71. The van der Waals surface area contributed by atoms with Gasteiger partial charge in [0, 0.05) is 17.4 Å². The monoisotopic (exact) mass is 447 g/mol. The summed E-state index contributed by atoms with van der Waals surface area (Å²) in [6.07, 6.45) is -1.26. The van der Waals surface area contributed by atoms with Crippen molar-refractivity contribution in [2.75, 3.05) is 13.7 Å². The van der Waals surface area contributed by atoms with Crippen LogP contribution in [0.1, 0.15) is 32.8 Å². The SMILES string of the molecule is COC(=O)[C@@H]1C[C@H](NC(=O)OCc2ccccc2)[C@@H](NC(=O)OC(C)(C)C)[C@H]1CN=[N+]=[N-]. The second kappa shape index (κ2) is 11.2. The zero-order valence-electron chi connectivity index (χ0n) is 18.6. The summed E-state index contributed by atoms with van der Waals surface area (Å²) in [6.45, 7) is 5.13. The fourth-order valence-electron chi connectivity index (χ4n) is 3.65. The van der Waals surface area contributed by atoms with Crippen molar-refractivity contribution >= 4 is 18.2 Å². The fraction of sp³-hybridized carbons (Fsp3) is 0.571. The first-order valence-corrected chi connectivity index (χ1v) is 10.2. The number of carbonyl (C=O) groups is 3. The number of benzene rings is 1. The molecule has 11 heteroatoms. The molecule has 2 rings (SSSR count). The number of amides is 2. The van der Waals surface area contributed by atoms with E-state index < -0.39 is 47.7 Å². The minimum atomic E-state index is -0.748. The highest BCUT2D eigenvalue weighted by Crippen LogP contribution is 2.34. The van der Waals surface area contributed by atoms with E-state index in [-0.39, 0.29) is 19.6 Å². The molecule has 0 radical (unpaired) electrons. The Morgan fingerprint density at radius 3 is 2.44 bits per heavy atom. The molecule has 1 aliphatic rings. The quantitative estimate of drug-likeness (QED) is 0.215. The first-order valence-electron chi connectivity index (χ1n) is 10.2. The lowest BCUT2D eigenvalue weighted by Crippen LogP contribution is -2.52. The van der Waals surface area contributed by atoms with Gasteiger partial charge < -0.3 is 24.8 Å². The molecule has 32 heavy (non-hydrogen) atoms. The third-order valence-electron chi connectivity index (χ3n) is 4.98. The lowest BCUT2D eigenvalue weighted by atomic mass is 9.93. The summed E-state index contributed by atoms with van der Waals surface area (Å²) in [5.74, 6) is -1.84. The molecule has 0 unspecified atom stereocenters. The van der Waals surface area contributed by atoms with Crippen LogP contribution in [0.5, 0.6) is 0 Å². The Morgan fingerprint density at radius 2 is 1.84 bits per heavy atom. The molecule has 4 atom stereocenters. The number of ether oxygens (including phenoxy) is 3. The van der Waals surface area contributed by atoms with Crippen LogP contribution in [0, 0.1) is 11.8 Å². The molecule has 0 bridgehead atoms. The van der Waals surface area contributed by atoms with Crippen LogP contribution in [0.2, 0.25) is 0 Å². The van der Waals surface area contributed by atoms with Crippen molar-refractivity contribution in [2.45, 2.75) is 51.5 Å². The van der Waals surface area contributed by atoms with Gasteiger partial charge in [-0.3, -0.25) is 4.79 Å². The smallest absolute Gasteiger partial charge is 0.407 e. The number of hydrogen-bond donors (Lipinski definition) is 2. The van der Waals surface area contributed by atoms with E-state index in [0.717, 1.165) is 5.56 Å². The first kappa shape index (κ1) is 24.8. The summed E-state index contributed by atoms with van der Waals surface area (Å²) in [7, 11) is 1.25. The van der Waals surface area contributed by atoms with Gasteiger partial charge in [0.1, 0.15) is 12.2 Å². The fourth-order valence-corrected chi connectivity index (χ4v) is 3.65. The van der Waals surface area contributed by atoms with Gasteiger partial charge in [-0.2, -0.15) is 0 Å². The first-order chi connectivity index (χ1) is 15.1. The van der Waals surface area contributed by atoms with Crippen LogP contribution < -0.4 is 10.6 Å². The summed E-state index contributed by atoms with van der Waals surface area (Å²) in [5, 5.41) is 9.00. The summed E-state index contributed by atoms with van der Waals surface area (Å²) < 4.78 is 15.5. The molecule has 1 fully saturated rings. The second-order valence-electron chi connectivity index (χ2n) is 8.43. The standard InChI is InChI=1S/C21H29N5O6/c1-21(2,3)32-20(29)25-17-15(11-23-26-22)14(18(27)30-4)10-16(17)24-19(28)31-12-13-8-6-5-7-9-13/h5-9,14-17H,10-12H2,1-4H3,(H,24,28)(H,25,29)/t14-,15+,16+,17+/m1/s1. The third-order valence-corrected chi connectivity index (χ3v) is 4.98. The van der Waals surface area contributed by atoms with Crippen molar-refractivity contribution in [3.8, 4) is 0 Å². The van der Waals surface area contributed by atoms with E-state index in [4.69, 9.17) is 19.7 Å². The number of methoxy groups -OCH3 is 1. The minimum absolute atomic E-state index is 0.0616. The Balaban J connectivity index is 2.17. The van der Waals surface area contributed by atoms with E-state index in [1.165, 1.54) is 7.11 Å². The van der Waals surface area contributed by atoms with Gasteiger partial charge in [-0.15, -0.1) is 0 Å². The van der Waals surface area contributed by atoms with Crippen molar-refractivity contribution in [3.05, 3.63) is 46.3 Å². The lowest BCUT2D eigenvalue weighted by Gasteiger charge is -2.28. The van der Waals surface area contributed by atoms with Gasteiger partial charge in [-0.05, 0) is 38.3 Å². The predicted octanol–water partition coefficient (Wildman–Crippen LogP) is 3.29. The Hall–Kier alpha value is -3.46. The van der Waals surface area contributed by atoms with Crippen LogP contribution in [0.15, 0.2) is 35.4 Å². The van der Waals surface area contributed by atoms with Crippen molar-refractivity contribution in [1.29, 1.82) is 0 Å². The zero-order chi connectivity index (χ0) is 23.7. The van der Waals surface area contributed by atoms with E-state index in [9.17, 15) is 14.4 Å². The maximum atomic E-state index is 12.4. The van der Waals surface area contributed by atoms with Crippen LogP contribution in [-0.4, -0.2) is 49.5 Å². The van der Waals surface area contributed by atoms with Gasteiger partial charge >= 0.3 is 18.2 Å². The molecule has 0 aliphatic heterocycles. The van der Waals surface area contributed by atoms with E-state index in [0.29, 0.717) is 0 Å². The number of esters is 1. The molecule has 174 valence electrons. The predicted molar refractivity (Wildman–Crippen MR) is 114 cm³/mol. The van der Waals surface area contributed by atoms with Crippen LogP contribution in [0.4, 0.5) is 9.59 Å². The highest BCUT2D eigenvalue weighted by Gasteiger charge is 2.48. The van der Waals surface area contributed by atoms with E-state index in [2.05, 4.69) is 20.7 Å². The number of azide groups is 1. The molecule has 2 amide bonds. The van der Waals surface area contributed by atoms with Gasteiger partial charge in [-0.1, -0.05) is 35.4 Å². The molecular weight excluding hydrogens is 418 g/mol. The van der Waals surface area contributed by atoms with Gasteiger partial charge in [0.05, 0.1) is 25.1 Å². The molecule has 0 heterocycles. The summed E-state index contributed by atoms with van der Waals surface area (Å²) in [5.41, 5.74) is 8.82. The van der Waals surface area contributed by atoms with E-state index in [1.54, 1.807) is 20.8 Å². The molecule has 0 saturated heterocycles. The van der Waals surface area contributed by atoms with Crippen LogP contribution in [0.25, 0.3) is 10.4 Å². The normalized spacial score (nSPS) is 22.2. The Bertz CT molecular complexity index is 850. The van der Waals surface area contributed by atoms with E-state index >= 15 is 0 Å². The average molecular weight is 447 g/mol. The number of nitrogens with zero attached hydrogens (tertiary/aromatic N) is 3. The molecule has 11 nitrogen and oxygen atoms in total. The molecule has 0 aromatic heterocycles. The van der Waals surface area contributed by atoms with Crippen molar-refractivity contribution < 1.29 is 28.6 Å². The topological polar surface area (TPSA) is 152 Å². The van der Waals surface area contributed by atoms with Crippen molar-refractivity contribution in [1.82, 2.24) is 10.6 Å². The van der Waals surface area contributed by atoms with Gasteiger partial charge in [0.15, 0.2) is 0 Å². The number of hydrogen-bond acceptors (Lipinski definition) is 7. The Morgan fingerprint density at radius 1 is 1.16 bits per heavy atom. The van der Waals surface area contributed by atoms with Crippen LogP contribution in [-0.2, 0) is 25.6 Å². The lowest BCUT2D eigenvalue weighted by molar-refractivity contribution is -0.146. The zero-order valence-corrected chi connectivity index (χ0v) is 18.6. The highest BCUT2D eigenvalue weighted by molar-refractivity contribution is 5.75. The van der Waals surface area contributed by atoms with Gasteiger partial charge in [0.2, 0.25) is 0 Å². The van der Waals surface area contributed by atoms with Gasteiger partial charge in [-0.25, -0.2) is 9.59 Å². The Labute approximate surface area is 186 Å². The van der Waals surface area contributed by atoms with Crippen molar-refractivity contribution in [3.63, 3.8) is 0 Å². The maximum absolute atomic E-state index is 12.4. The largest absolute Gasteiger partial charge is 0.469 e. The number of rotatable bonds is 7. The second-order valence-corrected chi connectivity index (χ2v) is 8.43. The molecule has 1 aromatic carbocycles. The molecular formula is C21H29N5O6. The molecule has 1 aliphatic carbocycles. The molecule has 2 N–H and O–H groups in total. The molecule has 1 aromatic rings. The van der Waals surface area contributed by atoms with Crippen LogP contribution >= 0.6 is 0 Å². The number of alkyl carbamates (subject to hydrolysis) is 2. The summed E-state index contributed by atoms with van der Waals surface area (Å²) >= 11 is 0. The summed E-state index contributed by atoms with van der Waals surface area (Å²) in [4.78, 5) is 40.0. The summed E-state index contributed by atoms with van der Waals surface area (Å²) in [6, 6.07) is 7.73. The highest BCUT2D eigenvalue weighted by atomic mass is 16.6. The number of carbonyl (C=O) groups excluding carboxylic acids is 3. The molecule has 1 saturated carbocycles. The van der Waals surface area contributed by atoms with Crippen molar-refractivity contribution in [2.24, 2.45) is 17.0 Å². The third kappa shape index (κ3) is 7.35.